The van der Waals surface area contributed by atoms with E-state index >= 15 is 0 Å². The number of methoxy groups -OCH3 is 2. The van der Waals surface area contributed by atoms with E-state index in [1.54, 1.807) is 48.0 Å². The van der Waals surface area contributed by atoms with Crippen molar-refractivity contribution in [1.29, 1.82) is 0 Å². The summed E-state index contributed by atoms with van der Waals surface area (Å²) in [6, 6.07) is 11.4. The minimum absolute atomic E-state index is 0.205. The molecule has 0 aliphatic rings. The van der Waals surface area contributed by atoms with Crippen LogP contribution in [0.25, 0.3) is 23.3 Å². The van der Waals surface area contributed by atoms with E-state index < -0.39 is 17.2 Å². The Balaban J connectivity index is 1.68. The molecule has 0 saturated heterocycles. The Kier molecular flexibility index (Phi) is 8.07. The zero-order valence-electron chi connectivity index (χ0n) is 21.2. The lowest BCUT2D eigenvalue weighted by Gasteiger charge is -2.30. The molecular weight excluding hydrogens is 448 g/mol. The van der Waals surface area contributed by atoms with Crippen molar-refractivity contribution in [1.82, 2.24) is 10.3 Å². The Labute approximate surface area is 205 Å². The Morgan fingerprint density at radius 2 is 1.80 bits per heavy atom. The molecule has 1 heterocycles. The van der Waals surface area contributed by atoms with Crippen molar-refractivity contribution in [2.45, 2.75) is 51.7 Å². The Bertz CT molecular complexity index is 1190. The van der Waals surface area contributed by atoms with Gasteiger partial charge in [0.2, 0.25) is 5.89 Å². The van der Waals surface area contributed by atoms with Crippen molar-refractivity contribution in [3.05, 3.63) is 53.4 Å². The number of aromatic nitrogens is 1. The monoisotopic (exact) mass is 482 g/mol. The van der Waals surface area contributed by atoms with Crippen molar-refractivity contribution in [2.75, 3.05) is 20.8 Å². The molecule has 8 nitrogen and oxygen atoms in total. The third kappa shape index (κ3) is 7.23. The number of aliphatic hydroxyl groups excluding tert-OH is 1. The number of amides is 1. The molecule has 0 unspecified atom stereocenters. The lowest BCUT2D eigenvalue weighted by atomic mass is 9.94. The van der Waals surface area contributed by atoms with Crippen LogP contribution in [-0.4, -0.2) is 48.2 Å². The number of nitrogens with zero attached hydrogens (tertiary/aromatic N) is 1. The van der Waals surface area contributed by atoms with Gasteiger partial charge in [0.05, 0.1) is 26.4 Å². The van der Waals surface area contributed by atoms with Crippen LogP contribution < -0.4 is 14.8 Å². The quantitative estimate of drug-likeness (QED) is 0.431. The SMILES string of the molecule is COc1ccc(C=Cc2nc3cc(CC[C@](C)(CO)NC(=O)OC(C)(C)C)ccc3o2)cc1OC. The molecular formula is C27H34N2O6. The van der Waals surface area contributed by atoms with E-state index in [2.05, 4.69) is 10.3 Å². The number of alkyl carbamates (subject to hydrolysis) is 1. The van der Waals surface area contributed by atoms with Crippen molar-refractivity contribution in [3.8, 4) is 11.5 Å². The summed E-state index contributed by atoms with van der Waals surface area (Å²) < 4.78 is 21.8. The summed E-state index contributed by atoms with van der Waals surface area (Å²) in [5.41, 5.74) is 1.94. The minimum Gasteiger partial charge on any atom is -0.493 e. The number of hydrogen-bond donors (Lipinski definition) is 2. The highest BCUT2D eigenvalue weighted by molar-refractivity contribution is 5.77. The number of aliphatic hydroxyl groups is 1. The number of rotatable bonds is 9. The zero-order chi connectivity index (χ0) is 25.6. The first-order valence-electron chi connectivity index (χ1n) is 11.5. The van der Waals surface area contributed by atoms with Crippen molar-refractivity contribution >= 4 is 29.3 Å². The van der Waals surface area contributed by atoms with Crippen molar-refractivity contribution < 1.29 is 28.5 Å². The molecule has 0 aliphatic heterocycles. The summed E-state index contributed by atoms with van der Waals surface area (Å²) in [4.78, 5) is 16.7. The van der Waals surface area contributed by atoms with Gasteiger partial charge in [-0.1, -0.05) is 12.1 Å². The first kappa shape index (κ1) is 26.1. The first-order chi connectivity index (χ1) is 16.5. The molecule has 0 spiro atoms. The highest BCUT2D eigenvalue weighted by atomic mass is 16.6. The molecule has 35 heavy (non-hydrogen) atoms. The number of nitrogens with one attached hydrogen (secondary N) is 1. The van der Waals surface area contributed by atoms with E-state index in [0.29, 0.717) is 35.8 Å². The average molecular weight is 483 g/mol. The summed E-state index contributed by atoms with van der Waals surface area (Å²) in [5.74, 6) is 1.80. The smallest absolute Gasteiger partial charge is 0.408 e. The summed E-state index contributed by atoms with van der Waals surface area (Å²) in [5, 5.41) is 12.7. The van der Waals surface area contributed by atoms with Crippen LogP contribution in [0.15, 0.2) is 40.8 Å². The molecule has 2 N–H and O–H groups in total. The van der Waals surface area contributed by atoms with E-state index in [0.717, 1.165) is 16.6 Å². The van der Waals surface area contributed by atoms with Gasteiger partial charge in [0.15, 0.2) is 17.1 Å². The lowest BCUT2D eigenvalue weighted by molar-refractivity contribution is 0.0407. The third-order valence-electron chi connectivity index (χ3n) is 5.41. The van der Waals surface area contributed by atoms with E-state index in [9.17, 15) is 9.90 Å². The second-order valence-corrected chi connectivity index (χ2v) is 9.65. The summed E-state index contributed by atoms with van der Waals surface area (Å²) in [6.45, 7) is 6.99. The van der Waals surface area contributed by atoms with Crippen LogP contribution in [0.2, 0.25) is 0 Å². The van der Waals surface area contributed by atoms with Gasteiger partial charge >= 0.3 is 6.09 Å². The van der Waals surface area contributed by atoms with Gasteiger partial charge < -0.3 is 29.1 Å². The van der Waals surface area contributed by atoms with Crippen LogP contribution in [0, 0.1) is 0 Å². The van der Waals surface area contributed by atoms with Crippen LogP contribution in [0.1, 0.15) is 51.1 Å². The fraction of sp³-hybridized carbons (Fsp3) is 0.407. The number of benzene rings is 2. The van der Waals surface area contributed by atoms with Gasteiger partial charge in [0.1, 0.15) is 11.1 Å². The predicted molar refractivity (Wildman–Crippen MR) is 136 cm³/mol. The summed E-state index contributed by atoms with van der Waals surface area (Å²) in [6.07, 6.45) is 4.30. The predicted octanol–water partition coefficient (Wildman–Crippen LogP) is 5.22. The van der Waals surface area contributed by atoms with E-state index in [-0.39, 0.29) is 6.61 Å². The number of oxazole rings is 1. The van der Waals surface area contributed by atoms with Crippen LogP contribution in [0.3, 0.4) is 0 Å². The maximum atomic E-state index is 12.2. The van der Waals surface area contributed by atoms with Gasteiger partial charge in [-0.05, 0) is 82.0 Å². The van der Waals surface area contributed by atoms with Gasteiger partial charge in [-0.15, -0.1) is 0 Å². The molecule has 0 aliphatic carbocycles. The molecule has 0 saturated carbocycles. The summed E-state index contributed by atoms with van der Waals surface area (Å²) >= 11 is 0. The van der Waals surface area contributed by atoms with E-state index in [1.165, 1.54) is 0 Å². The van der Waals surface area contributed by atoms with Gasteiger partial charge in [-0.3, -0.25) is 0 Å². The fourth-order valence-corrected chi connectivity index (χ4v) is 3.49. The Morgan fingerprint density at radius 3 is 2.46 bits per heavy atom. The maximum Gasteiger partial charge on any atom is 0.408 e. The molecule has 3 aromatic rings. The van der Waals surface area contributed by atoms with Crippen LogP contribution in [0.4, 0.5) is 4.79 Å². The zero-order valence-corrected chi connectivity index (χ0v) is 21.2. The second kappa shape index (κ2) is 10.8. The number of carbonyl (C=O) groups is 1. The maximum absolute atomic E-state index is 12.2. The van der Waals surface area contributed by atoms with E-state index in [4.69, 9.17) is 18.6 Å². The third-order valence-corrected chi connectivity index (χ3v) is 5.41. The van der Waals surface area contributed by atoms with Gasteiger partial charge in [-0.2, -0.15) is 0 Å². The number of fused-ring (bicyclic) bond motifs is 1. The normalized spacial score (nSPS) is 13.6. The molecule has 1 atom stereocenters. The highest BCUT2D eigenvalue weighted by Gasteiger charge is 2.28. The number of aryl methyl sites for hydroxylation is 1. The number of hydrogen-bond acceptors (Lipinski definition) is 7. The molecule has 1 amide bonds. The fourth-order valence-electron chi connectivity index (χ4n) is 3.49. The van der Waals surface area contributed by atoms with Crippen molar-refractivity contribution in [3.63, 3.8) is 0 Å². The molecule has 8 heteroatoms. The number of ether oxygens (including phenoxy) is 3. The number of carbonyl (C=O) groups excluding carboxylic acids is 1. The molecule has 188 valence electrons. The standard InChI is InChI=1S/C27H34N2O6/c1-26(2,3)35-25(31)29-27(4,17-30)14-13-19-7-10-21-20(15-19)28-24(34-21)12-9-18-8-11-22(32-5)23(16-18)33-6/h7-12,15-16,30H,13-14,17H2,1-6H3,(H,29,31)/t27-/m1/s1. The van der Waals surface area contributed by atoms with Gasteiger partial charge in [0, 0.05) is 6.08 Å². The Morgan fingerprint density at radius 1 is 1.06 bits per heavy atom. The molecule has 3 rings (SSSR count). The minimum atomic E-state index is -0.811. The highest BCUT2D eigenvalue weighted by Crippen LogP contribution is 2.28. The molecule has 1 aromatic heterocycles. The first-order valence-corrected chi connectivity index (χ1v) is 11.5. The lowest BCUT2D eigenvalue weighted by Crippen LogP contribution is -2.50. The van der Waals surface area contributed by atoms with Crippen LogP contribution >= 0.6 is 0 Å². The largest absolute Gasteiger partial charge is 0.493 e. The van der Waals surface area contributed by atoms with Crippen LogP contribution in [0.5, 0.6) is 11.5 Å². The van der Waals surface area contributed by atoms with Gasteiger partial charge in [0.25, 0.3) is 0 Å². The Hall–Kier alpha value is -3.52. The molecule has 0 fully saturated rings. The van der Waals surface area contributed by atoms with Crippen molar-refractivity contribution in [2.24, 2.45) is 0 Å². The topological polar surface area (TPSA) is 103 Å². The van der Waals surface area contributed by atoms with Crippen LogP contribution in [-0.2, 0) is 11.2 Å². The molecule has 0 radical (unpaired) electrons. The average Bonchev–Trinajstić information content (AvgIpc) is 3.22. The molecule has 0 bridgehead atoms. The van der Waals surface area contributed by atoms with Gasteiger partial charge in [-0.25, -0.2) is 9.78 Å². The second-order valence-electron chi connectivity index (χ2n) is 9.65. The molecule has 2 aromatic carbocycles. The summed E-state index contributed by atoms with van der Waals surface area (Å²) in [7, 11) is 3.20. The van der Waals surface area contributed by atoms with E-state index in [1.807, 2.05) is 42.5 Å².